The number of halogens is 1. The zero-order valence-electron chi connectivity index (χ0n) is 16.1. The lowest BCUT2D eigenvalue weighted by Crippen LogP contribution is -2.54. The highest BCUT2D eigenvalue weighted by Crippen LogP contribution is 2.27. The number of carbonyl (C=O) groups excluding carboxylic acids is 1. The molecule has 1 fully saturated rings. The van der Waals surface area contributed by atoms with Crippen molar-refractivity contribution in [2.45, 2.75) is 32.3 Å². The first kappa shape index (κ1) is 18.8. The van der Waals surface area contributed by atoms with E-state index in [4.69, 9.17) is 21.3 Å². The van der Waals surface area contributed by atoms with Gasteiger partial charge in [-0.15, -0.1) is 0 Å². The minimum atomic E-state index is 0.156. The van der Waals surface area contributed by atoms with Gasteiger partial charge in [0.2, 0.25) is 0 Å². The maximum absolute atomic E-state index is 11.3. The lowest BCUT2D eigenvalue weighted by molar-refractivity contribution is -0.117. The average molecular weight is 395 g/mol. The summed E-state index contributed by atoms with van der Waals surface area (Å²) < 4.78 is 6.07. The fourth-order valence-corrected chi connectivity index (χ4v) is 3.76. The maximum atomic E-state index is 11.3. The van der Waals surface area contributed by atoms with Crippen molar-refractivity contribution >= 4 is 34.1 Å². The van der Waals surface area contributed by atoms with Crippen LogP contribution in [-0.2, 0) is 4.79 Å². The van der Waals surface area contributed by atoms with E-state index in [1.807, 2.05) is 36.4 Å². The van der Waals surface area contributed by atoms with Gasteiger partial charge in [-0.25, -0.2) is 4.98 Å². The predicted octanol–water partition coefficient (Wildman–Crippen LogP) is 5.24. The quantitative estimate of drug-likeness (QED) is 0.573. The number of fused-ring (bicyclic) bond motifs is 1. The van der Waals surface area contributed by atoms with Gasteiger partial charge in [0.1, 0.15) is 23.5 Å². The third-order valence-electron chi connectivity index (χ3n) is 5.15. The summed E-state index contributed by atoms with van der Waals surface area (Å²) in [5.41, 5.74) is 2.11. The van der Waals surface area contributed by atoms with Gasteiger partial charge in [-0.05, 0) is 60.9 Å². The Bertz CT molecular complexity index is 997. The molecular weight excluding hydrogens is 372 g/mol. The molecule has 0 radical (unpaired) electrons. The average Bonchev–Trinajstić information content (AvgIpc) is 2.64. The highest BCUT2D eigenvalue weighted by Gasteiger charge is 2.29. The van der Waals surface area contributed by atoms with Gasteiger partial charge in [-0.3, -0.25) is 0 Å². The predicted molar refractivity (Wildman–Crippen MR) is 114 cm³/mol. The molecule has 1 aromatic heterocycles. The van der Waals surface area contributed by atoms with E-state index in [0.29, 0.717) is 6.42 Å². The van der Waals surface area contributed by atoms with Crippen molar-refractivity contribution in [3.63, 3.8) is 0 Å². The van der Waals surface area contributed by atoms with Crippen molar-refractivity contribution in [3.8, 4) is 5.75 Å². The number of Topliss-reactive ketones (excluding diaryl/α,β-unsaturated/α-hetero) is 1. The highest BCUT2D eigenvalue weighted by molar-refractivity contribution is 6.31. The van der Waals surface area contributed by atoms with Gasteiger partial charge in [-0.2, -0.15) is 0 Å². The zero-order valence-corrected chi connectivity index (χ0v) is 16.8. The Morgan fingerprint density at radius 2 is 1.93 bits per heavy atom. The number of pyridine rings is 1. The summed E-state index contributed by atoms with van der Waals surface area (Å²) >= 11 is 6.03. The number of hydrogen-bond acceptors (Lipinski definition) is 4. The van der Waals surface area contributed by atoms with Gasteiger partial charge in [0.15, 0.2) is 0 Å². The van der Waals surface area contributed by atoms with Crippen LogP contribution in [0.2, 0.25) is 5.02 Å². The Balaban J connectivity index is 1.34. The number of aromatic nitrogens is 1. The molecule has 5 heteroatoms. The largest absolute Gasteiger partial charge is 0.487 e. The Hall–Kier alpha value is -2.59. The van der Waals surface area contributed by atoms with E-state index in [-0.39, 0.29) is 17.8 Å². The first-order chi connectivity index (χ1) is 13.5. The molecule has 2 aromatic carbocycles. The molecule has 28 heavy (non-hydrogen) atoms. The lowest BCUT2D eigenvalue weighted by atomic mass is 9.96. The molecule has 1 saturated heterocycles. The fraction of sp³-hybridized carbons (Fsp3) is 0.304. The van der Waals surface area contributed by atoms with Crippen LogP contribution in [0.1, 0.15) is 31.7 Å². The molecule has 4 rings (SSSR count). The molecule has 0 amide bonds. The molecule has 1 atom stereocenters. The molecule has 0 N–H and O–H groups in total. The smallest absolute Gasteiger partial charge is 0.134 e. The highest BCUT2D eigenvalue weighted by atomic mass is 35.5. The van der Waals surface area contributed by atoms with E-state index in [1.54, 1.807) is 6.92 Å². The Labute approximate surface area is 170 Å². The molecular formula is C23H23ClN2O2. The number of ether oxygens (including phenoxy) is 1. The first-order valence-corrected chi connectivity index (χ1v) is 9.93. The van der Waals surface area contributed by atoms with Crippen molar-refractivity contribution < 1.29 is 9.53 Å². The van der Waals surface area contributed by atoms with Crippen LogP contribution in [0.25, 0.3) is 10.9 Å². The summed E-state index contributed by atoms with van der Waals surface area (Å²) in [6.07, 6.45) is 0.728. The molecule has 0 aliphatic carbocycles. The maximum Gasteiger partial charge on any atom is 0.134 e. The Morgan fingerprint density at radius 3 is 2.64 bits per heavy atom. The topological polar surface area (TPSA) is 42.4 Å². The van der Waals surface area contributed by atoms with Crippen LogP contribution in [-0.4, -0.2) is 30.0 Å². The second-order valence-corrected chi connectivity index (χ2v) is 7.96. The number of ketones is 1. The Morgan fingerprint density at radius 1 is 1.18 bits per heavy atom. The van der Waals surface area contributed by atoms with Crippen LogP contribution in [0.4, 0.5) is 5.82 Å². The van der Waals surface area contributed by atoms with Gasteiger partial charge in [-0.1, -0.05) is 30.7 Å². The minimum Gasteiger partial charge on any atom is -0.487 e. The second-order valence-electron chi connectivity index (χ2n) is 7.53. The van der Waals surface area contributed by atoms with Crippen molar-refractivity contribution in [2.75, 3.05) is 18.0 Å². The summed E-state index contributed by atoms with van der Waals surface area (Å²) in [5.74, 6) is 2.28. The van der Waals surface area contributed by atoms with Crippen molar-refractivity contribution in [1.82, 2.24) is 4.98 Å². The summed E-state index contributed by atoms with van der Waals surface area (Å²) in [6, 6.07) is 17.9. The van der Waals surface area contributed by atoms with E-state index in [9.17, 15) is 4.79 Å². The molecule has 0 saturated carbocycles. The molecule has 2 heterocycles. The third kappa shape index (κ3) is 4.12. The summed E-state index contributed by atoms with van der Waals surface area (Å²) in [5, 5.41) is 1.77. The van der Waals surface area contributed by atoms with E-state index < -0.39 is 0 Å². The SMILES string of the molecule is CC(=O)C[C@@H](C)c1ccc(OC2CN(c3ccc4cc(Cl)ccc4n3)C2)cc1. The second kappa shape index (κ2) is 7.80. The van der Waals surface area contributed by atoms with E-state index in [1.165, 1.54) is 5.56 Å². The van der Waals surface area contributed by atoms with Crippen molar-refractivity contribution in [1.29, 1.82) is 0 Å². The number of carbonyl (C=O) groups is 1. The molecule has 4 nitrogen and oxygen atoms in total. The molecule has 0 bridgehead atoms. The lowest BCUT2D eigenvalue weighted by Gasteiger charge is -2.39. The van der Waals surface area contributed by atoms with E-state index in [2.05, 4.69) is 30.0 Å². The van der Waals surface area contributed by atoms with Crippen molar-refractivity contribution in [3.05, 3.63) is 65.2 Å². The van der Waals surface area contributed by atoms with Gasteiger partial charge < -0.3 is 14.4 Å². The fourth-order valence-electron chi connectivity index (χ4n) is 3.58. The van der Waals surface area contributed by atoms with Crippen LogP contribution in [0.3, 0.4) is 0 Å². The number of anilines is 1. The van der Waals surface area contributed by atoms with E-state index >= 15 is 0 Å². The van der Waals surface area contributed by atoms with Gasteiger partial charge in [0.25, 0.3) is 0 Å². The molecule has 1 aliphatic rings. The zero-order chi connectivity index (χ0) is 19.7. The number of rotatable bonds is 6. The van der Waals surface area contributed by atoms with Crippen LogP contribution in [0.5, 0.6) is 5.75 Å². The summed E-state index contributed by atoms with van der Waals surface area (Å²) in [6.45, 7) is 5.34. The molecule has 0 spiro atoms. The van der Waals surface area contributed by atoms with Crippen LogP contribution < -0.4 is 9.64 Å². The first-order valence-electron chi connectivity index (χ1n) is 9.55. The molecule has 1 aliphatic heterocycles. The molecule has 3 aromatic rings. The van der Waals surface area contributed by atoms with Crippen molar-refractivity contribution in [2.24, 2.45) is 0 Å². The van der Waals surface area contributed by atoms with Crippen LogP contribution in [0, 0.1) is 0 Å². The van der Waals surface area contributed by atoms with E-state index in [0.717, 1.165) is 40.6 Å². The van der Waals surface area contributed by atoms with Crippen LogP contribution >= 0.6 is 11.6 Å². The van der Waals surface area contributed by atoms with Crippen LogP contribution in [0.15, 0.2) is 54.6 Å². The molecule has 0 unspecified atom stereocenters. The Kier molecular flexibility index (Phi) is 5.23. The number of hydrogen-bond donors (Lipinski definition) is 0. The summed E-state index contributed by atoms with van der Waals surface area (Å²) in [4.78, 5) is 18.2. The summed E-state index contributed by atoms with van der Waals surface area (Å²) in [7, 11) is 0. The number of nitrogens with zero attached hydrogens (tertiary/aromatic N) is 2. The minimum absolute atomic E-state index is 0.156. The monoisotopic (exact) mass is 394 g/mol. The number of benzene rings is 2. The van der Waals surface area contributed by atoms with Gasteiger partial charge in [0, 0.05) is 16.8 Å². The third-order valence-corrected chi connectivity index (χ3v) is 5.39. The standard InChI is InChI=1S/C23H23ClN2O2/c1-15(11-16(2)27)17-3-7-20(8-4-17)28-21-13-26(14-21)23-10-5-18-12-19(24)6-9-22(18)25-23/h3-10,12,15,21H,11,13-14H2,1-2H3/t15-/m1/s1. The molecule has 144 valence electrons. The normalized spacial score (nSPS) is 15.3. The van der Waals surface area contributed by atoms with Gasteiger partial charge in [0.05, 0.1) is 18.6 Å². The van der Waals surface area contributed by atoms with Gasteiger partial charge >= 0.3 is 0 Å².